The summed E-state index contributed by atoms with van der Waals surface area (Å²) in [5.41, 5.74) is 0.418. The Balaban J connectivity index is 2.29. The lowest BCUT2D eigenvalue weighted by molar-refractivity contribution is 0.0851. The van der Waals surface area contributed by atoms with Crippen molar-refractivity contribution in [3.63, 3.8) is 0 Å². The van der Waals surface area contributed by atoms with E-state index in [0.29, 0.717) is 5.41 Å². The zero-order valence-electron chi connectivity index (χ0n) is 14.4. The molecule has 0 aliphatic carbocycles. The Morgan fingerprint density at radius 3 is 2.15 bits per heavy atom. The van der Waals surface area contributed by atoms with E-state index < -0.39 is 0 Å². The van der Waals surface area contributed by atoms with Gasteiger partial charge in [-0.05, 0) is 32.5 Å². The van der Waals surface area contributed by atoms with Crippen LogP contribution < -0.4 is 5.32 Å². The minimum Gasteiger partial charge on any atom is -0.316 e. The van der Waals surface area contributed by atoms with Gasteiger partial charge in [-0.2, -0.15) is 0 Å². The third-order valence-electron chi connectivity index (χ3n) is 4.59. The summed E-state index contributed by atoms with van der Waals surface area (Å²) >= 11 is 0. The van der Waals surface area contributed by atoms with E-state index in [1.165, 1.54) is 52.2 Å². The second-order valence-electron chi connectivity index (χ2n) is 6.87. The van der Waals surface area contributed by atoms with Crippen molar-refractivity contribution in [2.45, 2.75) is 27.2 Å². The second kappa shape index (κ2) is 8.98. The van der Waals surface area contributed by atoms with E-state index in [4.69, 9.17) is 0 Å². The molecular weight excluding hydrogens is 248 g/mol. The third kappa shape index (κ3) is 6.53. The zero-order valence-corrected chi connectivity index (χ0v) is 14.4. The monoisotopic (exact) mass is 284 g/mol. The number of piperazine rings is 1. The average Bonchev–Trinajstić information content (AvgIpc) is 2.44. The fraction of sp³-hybridized carbons (Fsp3) is 1.00. The van der Waals surface area contributed by atoms with Crippen LogP contribution in [-0.2, 0) is 0 Å². The molecule has 1 atom stereocenters. The predicted molar refractivity (Wildman–Crippen MR) is 88.4 cm³/mol. The number of nitrogens with one attached hydrogen (secondary N) is 1. The molecule has 0 saturated carbocycles. The Kier molecular flexibility index (Phi) is 8.03. The second-order valence-corrected chi connectivity index (χ2v) is 6.87. The molecule has 1 rings (SSSR count). The molecule has 1 aliphatic heterocycles. The highest BCUT2D eigenvalue weighted by molar-refractivity contribution is 4.82. The molecule has 1 fully saturated rings. The van der Waals surface area contributed by atoms with Gasteiger partial charge in [-0.1, -0.05) is 20.8 Å². The van der Waals surface area contributed by atoms with Crippen LogP contribution in [0.4, 0.5) is 0 Å². The molecule has 4 heteroatoms. The van der Waals surface area contributed by atoms with Gasteiger partial charge in [-0.15, -0.1) is 0 Å². The zero-order chi connectivity index (χ0) is 15.0. The van der Waals surface area contributed by atoms with Crippen molar-refractivity contribution in [3.8, 4) is 0 Å². The molecule has 1 N–H and O–H groups in total. The van der Waals surface area contributed by atoms with Crippen LogP contribution in [0.25, 0.3) is 0 Å². The van der Waals surface area contributed by atoms with Crippen molar-refractivity contribution in [2.75, 3.05) is 73.0 Å². The predicted octanol–water partition coefficient (Wildman–Crippen LogP) is 1.19. The first-order chi connectivity index (χ1) is 9.49. The molecule has 1 aliphatic rings. The number of hydrogen-bond donors (Lipinski definition) is 1. The summed E-state index contributed by atoms with van der Waals surface area (Å²) in [4.78, 5) is 7.54. The fourth-order valence-corrected chi connectivity index (χ4v) is 2.77. The quantitative estimate of drug-likeness (QED) is 0.686. The molecule has 0 amide bonds. The Hall–Kier alpha value is -0.160. The molecule has 0 aromatic carbocycles. The molecule has 0 aromatic heterocycles. The van der Waals surface area contributed by atoms with E-state index >= 15 is 0 Å². The maximum absolute atomic E-state index is 3.53. The number of nitrogens with zero attached hydrogens (tertiary/aromatic N) is 3. The molecule has 0 aromatic rings. The molecule has 20 heavy (non-hydrogen) atoms. The van der Waals surface area contributed by atoms with Crippen LogP contribution in [0.2, 0.25) is 0 Å². The van der Waals surface area contributed by atoms with Crippen LogP contribution in [0.1, 0.15) is 27.2 Å². The summed E-state index contributed by atoms with van der Waals surface area (Å²) in [6.45, 7) is 17.7. The fourth-order valence-electron chi connectivity index (χ4n) is 2.77. The Labute approximate surface area is 126 Å². The molecule has 1 saturated heterocycles. The summed E-state index contributed by atoms with van der Waals surface area (Å²) in [5, 5.41) is 3.53. The Morgan fingerprint density at radius 1 is 1.05 bits per heavy atom. The first kappa shape index (κ1) is 17.9. The third-order valence-corrected chi connectivity index (χ3v) is 4.59. The Bertz CT molecular complexity index is 249. The first-order valence-corrected chi connectivity index (χ1v) is 8.29. The summed E-state index contributed by atoms with van der Waals surface area (Å²) in [7, 11) is 4.31. The van der Waals surface area contributed by atoms with Gasteiger partial charge in [-0.3, -0.25) is 4.90 Å². The van der Waals surface area contributed by atoms with Gasteiger partial charge in [0.1, 0.15) is 0 Å². The van der Waals surface area contributed by atoms with Gasteiger partial charge < -0.3 is 15.1 Å². The van der Waals surface area contributed by atoms with Crippen LogP contribution in [-0.4, -0.2) is 87.7 Å². The number of hydrogen-bond acceptors (Lipinski definition) is 4. The molecular formula is C16H36N4. The van der Waals surface area contributed by atoms with E-state index in [1.807, 2.05) is 0 Å². The van der Waals surface area contributed by atoms with Gasteiger partial charge in [-0.25, -0.2) is 0 Å². The first-order valence-electron chi connectivity index (χ1n) is 8.29. The molecule has 1 unspecified atom stereocenters. The summed E-state index contributed by atoms with van der Waals surface area (Å²) in [6, 6.07) is 0. The van der Waals surface area contributed by atoms with Gasteiger partial charge >= 0.3 is 0 Å². The lowest BCUT2D eigenvalue weighted by atomic mass is 9.86. The highest BCUT2D eigenvalue weighted by atomic mass is 15.3. The maximum Gasteiger partial charge on any atom is 0.0110 e. The van der Waals surface area contributed by atoms with E-state index in [2.05, 4.69) is 54.9 Å². The van der Waals surface area contributed by atoms with E-state index in [-0.39, 0.29) is 0 Å². The largest absolute Gasteiger partial charge is 0.316 e. The summed E-state index contributed by atoms with van der Waals surface area (Å²) in [6.07, 6.45) is 1.25. The van der Waals surface area contributed by atoms with E-state index in [0.717, 1.165) is 13.1 Å². The summed E-state index contributed by atoms with van der Waals surface area (Å²) in [5.74, 6) is 0. The van der Waals surface area contributed by atoms with Crippen LogP contribution >= 0.6 is 0 Å². The van der Waals surface area contributed by atoms with Gasteiger partial charge in [0, 0.05) is 52.4 Å². The average molecular weight is 284 g/mol. The molecule has 0 bridgehead atoms. The lowest BCUT2D eigenvalue weighted by Gasteiger charge is -2.40. The number of rotatable bonds is 9. The van der Waals surface area contributed by atoms with Crippen molar-refractivity contribution in [2.24, 2.45) is 5.41 Å². The molecule has 1 heterocycles. The minimum atomic E-state index is 0.418. The van der Waals surface area contributed by atoms with E-state index in [1.54, 1.807) is 0 Å². The normalized spacial score (nSPS) is 21.3. The number of likely N-dealkylation sites (N-methyl/N-ethyl adjacent to an activating group) is 1. The molecule has 120 valence electrons. The van der Waals surface area contributed by atoms with Gasteiger partial charge in [0.25, 0.3) is 0 Å². The van der Waals surface area contributed by atoms with Gasteiger partial charge in [0.05, 0.1) is 0 Å². The molecule has 4 nitrogen and oxygen atoms in total. The maximum atomic E-state index is 3.53. The SMILES string of the molecule is CCNCC(C)(CC)CN1CCN(CCN(C)C)CC1. The van der Waals surface area contributed by atoms with Crippen LogP contribution in [0, 0.1) is 5.41 Å². The minimum absolute atomic E-state index is 0.418. The standard InChI is InChI=1S/C16H36N4/c1-6-16(3,14-17-7-2)15-20-12-10-19(11-13-20)9-8-18(4)5/h17H,6-15H2,1-5H3. The van der Waals surface area contributed by atoms with Crippen LogP contribution in [0.15, 0.2) is 0 Å². The Morgan fingerprint density at radius 2 is 1.65 bits per heavy atom. The smallest absolute Gasteiger partial charge is 0.0110 e. The van der Waals surface area contributed by atoms with E-state index in [9.17, 15) is 0 Å². The topological polar surface area (TPSA) is 21.8 Å². The summed E-state index contributed by atoms with van der Waals surface area (Å²) < 4.78 is 0. The van der Waals surface area contributed by atoms with Crippen molar-refractivity contribution in [1.29, 1.82) is 0 Å². The van der Waals surface area contributed by atoms with Crippen molar-refractivity contribution >= 4 is 0 Å². The highest BCUT2D eigenvalue weighted by Gasteiger charge is 2.26. The molecule has 0 spiro atoms. The van der Waals surface area contributed by atoms with Gasteiger partial charge in [0.15, 0.2) is 0 Å². The van der Waals surface area contributed by atoms with Crippen molar-refractivity contribution in [1.82, 2.24) is 20.0 Å². The van der Waals surface area contributed by atoms with Crippen molar-refractivity contribution in [3.05, 3.63) is 0 Å². The molecule has 0 radical (unpaired) electrons. The highest BCUT2D eigenvalue weighted by Crippen LogP contribution is 2.22. The van der Waals surface area contributed by atoms with Gasteiger partial charge in [0.2, 0.25) is 0 Å². The van der Waals surface area contributed by atoms with Crippen molar-refractivity contribution < 1.29 is 0 Å². The van der Waals surface area contributed by atoms with Crippen LogP contribution in [0.3, 0.4) is 0 Å². The lowest BCUT2D eigenvalue weighted by Crippen LogP contribution is -2.51. The van der Waals surface area contributed by atoms with Crippen LogP contribution in [0.5, 0.6) is 0 Å².